The Morgan fingerprint density at radius 3 is 2.68 bits per heavy atom. The molecule has 0 amide bonds. The Balaban J connectivity index is 1.87. The molecule has 2 atom stereocenters. The smallest absolute Gasteiger partial charge is 0.124 e. The highest BCUT2D eigenvalue weighted by atomic mass is 79.9. The van der Waals surface area contributed by atoms with Crippen LogP contribution in [0.15, 0.2) is 22.7 Å². The summed E-state index contributed by atoms with van der Waals surface area (Å²) in [6.45, 7) is 5.30. The third kappa shape index (κ3) is 4.01. The van der Waals surface area contributed by atoms with Crippen LogP contribution in [0.25, 0.3) is 0 Å². The van der Waals surface area contributed by atoms with Crippen LogP contribution in [0.3, 0.4) is 0 Å². The van der Waals surface area contributed by atoms with E-state index in [1.807, 2.05) is 6.07 Å². The van der Waals surface area contributed by atoms with Crippen molar-refractivity contribution in [1.29, 1.82) is 0 Å². The van der Waals surface area contributed by atoms with Crippen molar-refractivity contribution in [2.24, 2.45) is 0 Å². The number of halogens is 2. The average molecular weight is 329 g/mol. The molecule has 1 aliphatic rings. The highest BCUT2D eigenvalue weighted by molar-refractivity contribution is 9.10. The van der Waals surface area contributed by atoms with Crippen molar-refractivity contribution < 1.29 is 4.39 Å². The van der Waals surface area contributed by atoms with Crippen LogP contribution >= 0.6 is 15.9 Å². The first-order valence-corrected chi connectivity index (χ1v) is 7.68. The number of nitrogens with one attached hydrogen (secondary N) is 1. The molecule has 0 aliphatic heterocycles. The molecule has 106 valence electrons. The second-order valence-corrected chi connectivity index (χ2v) is 6.40. The molecule has 4 heteroatoms. The Bertz CT molecular complexity index is 434. The van der Waals surface area contributed by atoms with Gasteiger partial charge in [-0.1, -0.05) is 22.0 Å². The number of hydrogen-bond acceptors (Lipinski definition) is 2. The Labute approximate surface area is 123 Å². The summed E-state index contributed by atoms with van der Waals surface area (Å²) < 4.78 is 13.9. The van der Waals surface area contributed by atoms with Crippen molar-refractivity contribution in [2.45, 2.75) is 44.8 Å². The predicted octanol–water partition coefficient (Wildman–Crippen LogP) is 3.72. The summed E-state index contributed by atoms with van der Waals surface area (Å²) in [6, 6.07) is 6.39. The van der Waals surface area contributed by atoms with E-state index in [0.29, 0.717) is 6.04 Å². The first-order valence-electron chi connectivity index (χ1n) is 6.89. The van der Waals surface area contributed by atoms with Gasteiger partial charge >= 0.3 is 0 Å². The Hall–Kier alpha value is -0.450. The predicted molar refractivity (Wildman–Crippen MR) is 80.8 cm³/mol. The normalized spacial score (nSPS) is 18.6. The van der Waals surface area contributed by atoms with Gasteiger partial charge in [-0.25, -0.2) is 4.39 Å². The van der Waals surface area contributed by atoms with Gasteiger partial charge in [0.15, 0.2) is 0 Å². The van der Waals surface area contributed by atoms with E-state index >= 15 is 0 Å². The highest BCUT2D eigenvalue weighted by Gasteiger charge is 2.29. The van der Waals surface area contributed by atoms with E-state index in [-0.39, 0.29) is 11.9 Å². The van der Waals surface area contributed by atoms with Crippen LogP contribution in [-0.2, 0) is 0 Å². The molecule has 2 rings (SSSR count). The zero-order valence-corrected chi connectivity index (χ0v) is 13.4. The lowest BCUT2D eigenvalue weighted by molar-refractivity contribution is 0.237. The topological polar surface area (TPSA) is 15.3 Å². The molecule has 0 heterocycles. The zero-order chi connectivity index (χ0) is 14.0. The molecular weight excluding hydrogens is 307 g/mol. The highest BCUT2D eigenvalue weighted by Crippen LogP contribution is 2.27. The van der Waals surface area contributed by atoms with Crippen molar-refractivity contribution in [3.63, 3.8) is 0 Å². The molecule has 1 saturated carbocycles. The van der Waals surface area contributed by atoms with Crippen LogP contribution in [0.2, 0.25) is 0 Å². The molecule has 1 aromatic carbocycles. The van der Waals surface area contributed by atoms with Crippen LogP contribution < -0.4 is 5.32 Å². The molecular formula is C15H22BrFN2. The van der Waals surface area contributed by atoms with Crippen LogP contribution in [0.4, 0.5) is 4.39 Å². The summed E-state index contributed by atoms with van der Waals surface area (Å²) in [4.78, 5) is 2.44. The summed E-state index contributed by atoms with van der Waals surface area (Å²) in [6.07, 6.45) is 2.67. The molecule has 1 aliphatic carbocycles. The fourth-order valence-corrected chi connectivity index (χ4v) is 2.99. The van der Waals surface area contributed by atoms with Gasteiger partial charge in [0.25, 0.3) is 0 Å². The van der Waals surface area contributed by atoms with Crippen LogP contribution in [0, 0.1) is 5.82 Å². The zero-order valence-electron chi connectivity index (χ0n) is 11.8. The third-order valence-electron chi connectivity index (χ3n) is 3.97. The third-order valence-corrected chi connectivity index (χ3v) is 4.65. The van der Waals surface area contributed by atoms with E-state index in [4.69, 9.17) is 0 Å². The first kappa shape index (κ1) is 14.9. The van der Waals surface area contributed by atoms with Gasteiger partial charge in [-0.05, 0) is 51.4 Å². The molecule has 2 nitrogen and oxygen atoms in total. The minimum Gasteiger partial charge on any atom is -0.309 e. The van der Waals surface area contributed by atoms with Gasteiger partial charge in [0, 0.05) is 29.1 Å². The second kappa shape index (κ2) is 6.33. The lowest BCUT2D eigenvalue weighted by Gasteiger charge is -2.26. The van der Waals surface area contributed by atoms with Crippen molar-refractivity contribution in [1.82, 2.24) is 10.2 Å². The van der Waals surface area contributed by atoms with Gasteiger partial charge < -0.3 is 5.32 Å². The van der Waals surface area contributed by atoms with Crippen molar-refractivity contribution in [3.05, 3.63) is 34.1 Å². The maximum absolute atomic E-state index is 13.1. The van der Waals surface area contributed by atoms with E-state index in [9.17, 15) is 4.39 Å². The maximum atomic E-state index is 13.1. The molecule has 1 fully saturated rings. The van der Waals surface area contributed by atoms with Gasteiger partial charge in [0.2, 0.25) is 0 Å². The fourth-order valence-electron chi connectivity index (χ4n) is 2.30. The quantitative estimate of drug-likeness (QED) is 0.856. The van der Waals surface area contributed by atoms with Gasteiger partial charge in [-0.3, -0.25) is 4.90 Å². The van der Waals surface area contributed by atoms with Crippen LogP contribution in [0.1, 0.15) is 38.3 Å². The Kier molecular flexibility index (Phi) is 4.98. The second-order valence-electron chi connectivity index (χ2n) is 5.54. The molecule has 0 aromatic heterocycles. The van der Waals surface area contributed by atoms with Gasteiger partial charge in [0.05, 0.1) is 0 Å². The number of hydrogen-bond donors (Lipinski definition) is 1. The lowest BCUT2D eigenvalue weighted by atomic mass is 10.1. The Morgan fingerprint density at radius 1 is 1.42 bits per heavy atom. The summed E-state index contributed by atoms with van der Waals surface area (Å²) in [5, 5.41) is 3.53. The maximum Gasteiger partial charge on any atom is 0.124 e. The Morgan fingerprint density at radius 2 is 2.11 bits per heavy atom. The van der Waals surface area contributed by atoms with Crippen LogP contribution in [-0.4, -0.2) is 30.6 Å². The molecule has 0 radical (unpaired) electrons. The monoisotopic (exact) mass is 328 g/mol. The SMILES string of the molecule is CC(NCC(C)N(C)C1CC1)c1ccc(F)cc1Br. The van der Waals surface area contributed by atoms with Gasteiger partial charge in [0.1, 0.15) is 5.82 Å². The van der Waals surface area contributed by atoms with Gasteiger partial charge in [-0.15, -0.1) is 0 Å². The summed E-state index contributed by atoms with van der Waals surface area (Å²) in [5.74, 6) is -0.204. The lowest BCUT2D eigenvalue weighted by Crippen LogP contribution is -2.39. The van der Waals surface area contributed by atoms with E-state index < -0.39 is 0 Å². The molecule has 0 saturated heterocycles. The standard InChI is InChI=1S/C15H22BrFN2/c1-10(19(3)13-5-6-13)9-18-11(2)14-7-4-12(17)8-15(14)16/h4,7-8,10-11,13,18H,5-6,9H2,1-3H3. The van der Waals surface area contributed by atoms with Crippen molar-refractivity contribution >= 4 is 15.9 Å². The fraction of sp³-hybridized carbons (Fsp3) is 0.600. The van der Waals surface area contributed by atoms with Crippen molar-refractivity contribution in [3.8, 4) is 0 Å². The number of likely N-dealkylation sites (N-methyl/N-ethyl adjacent to an activating group) is 1. The van der Waals surface area contributed by atoms with E-state index in [0.717, 1.165) is 22.6 Å². The molecule has 2 unspecified atom stereocenters. The minimum atomic E-state index is -0.204. The van der Waals surface area contributed by atoms with E-state index in [1.54, 1.807) is 0 Å². The number of benzene rings is 1. The van der Waals surface area contributed by atoms with E-state index in [1.165, 1.54) is 25.0 Å². The molecule has 19 heavy (non-hydrogen) atoms. The van der Waals surface area contributed by atoms with Crippen LogP contribution in [0.5, 0.6) is 0 Å². The summed E-state index contributed by atoms with van der Waals surface area (Å²) in [5.41, 5.74) is 1.10. The molecule has 1 N–H and O–H groups in total. The average Bonchev–Trinajstić information content (AvgIpc) is 3.18. The number of nitrogens with zero attached hydrogens (tertiary/aromatic N) is 1. The van der Waals surface area contributed by atoms with E-state index in [2.05, 4.69) is 47.0 Å². The first-order chi connectivity index (χ1) is 8.99. The molecule has 0 spiro atoms. The molecule has 0 bridgehead atoms. The van der Waals surface area contributed by atoms with Gasteiger partial charge in [-0.2, -0.15) is 0 Å². The van der Waals surface area contributed by atoms with Crippen molar-refractivity contribution in [2.75, 3.05) is 13.6 Å². The summed E-state index contributed by atoms with van der Waals surface area (Å²) >= 11 is 3.43. The number of rotatable bonds is 6. The largest absolute Gasteiger partial charge is 0.309 e. The molecule has 1 aromatic rings. The minimum absolute atomic E-state index is 0.204. The summed E-state index contributed by atoms with van der Waals surface area (Å²) in [7, 11) is 2.20.